The molecule has 1 rings (SSSR count). The Bertz CT molecular complexity index is 354. The van der Waals surface area contributed by atoms with Crippen LogP contribution in [0.3, 0.4) is 0 Å². The van der Waals surface area contributed by atoms with Gasteiger partial charge in [-0.15, -0.1) is 0 Å². The Kier molecular flexibility index (Phi) is 5.20. The molecule has 0 spiro atoms. The minimum absolute atomic E-state index is 0.184. The summed E-state index contributed by atoms with van der Waals surface area (Å²) in [4.78, 5) is 13.5. The minimum Gasteiger partial charge on any atom is -0.346 e. The molecule has 0 aliphatic heterocycles. The van der Waals surface area contributed by atoms with Gasteiger partial charge in [-0.2, -0.15) is 0 Å². The first kappa shape index (κ1) is 13.8. The third-order valence-electron chi connectivity index (χ3n) is 2.92. The largest absolute Gasteiger partial charge is 0.346 e. The zero-order valence-electron chi connectivity index (χ0n) is 11.4. The van der Waals surface area contributed by atoms with E-state index >= 15 is 0 Å². The normalized spacial score (nSPS) is 10.6. The van der Waals surface area contributed by atoms with E-state index in [0.717, 1.165) is 18.5 Å². The van der Waals surface area contributed by atoms with Gasteiger partial charge in [-0.1, -0.05) is 38.1 Å². The molecule has 0 aliphatic rings. The molecule has 0 saturated carbocycles. The van der Waals surface area contributed by atoms with Crippen molar-refractivity contribution in [3.05, 3.63) is 35.4 Å². The molecule has 0 radical (unpaired) electrons. The van der Waals surface area contributed by atoms with E-state index < -0.39 is 0 Å². The molecule has 1 aromatic rings. The predicted molar refractivity (Wildman–Crippen MR) is 72.0 cm³/mol. The summed E-state index contributed by atoms with van der Waals surface area (Å²) in [5.41, 5.74) is 2.45. The van der Waals surface area contributed by atoms with Crippen molar-refractivity contribution in [2.24, 2.45) is 5.92 Å². The highest BCUT2D eigenvalue weighted by molar-refractivity contribution is 5.78. The lowest BCUT2D eigenvalue weighted by Crippen LogP contribution is -2.27. The van der Waals surface area contributed by atoms with Crippen molar-refractivity contribution in [1.82, 2.24) is 4.90 Å². The van der Waals surface area contributed by atoms with E-state index in [0.29, 0.717) is 12.3 Å². The highest BCUT2D eigenvalue weighted by atomic mass is 16.2. The van der Waals surface area contributed by atoms with Crippen LogP contribution in [0.1, 0.15) is 31.9 Å². The van der Waals surface area contributed by atoms with E-state index in [1.165, 1.54) is 5.56 Å². The van der Waals surface area contributed by atoms with Gasteiger partial charge in [0.25, 0.3) is 0 Å². The lowest BCUT2D eigenvalue weighted by molar-refractivity contribution is -0.128. The Morgan fingerprint density at radius 3 is 2.18 bits per heavy atom. The molecule has 0 bridgehead atoms. The second kappa shape index (κ2) is 6.43. The molecule has 0 atom stereocenters. The lowest BCUT2D eigenvalue weighted by atomic mass is 10.0. The highest BCUT2D eigenvalue weighted by Crippen LogP contribution is 2.10. The number of carbonyl (C=O) groups excluding carboxylic acids is 1. The number of benzene rings is 1. The van der Waals surface area contributed by atoms with Crippen molar-refractivity contribution >= 4 is 5.91 Å². The van der Waals surface area contributed by atoms with Crippen LogP contribution in [0.15, 0.2) is 24.3 Å². The van der Waals surface area contributed by atoms with Crippen LogP contribution in [-0.2, 0) is 17.6 Å². The molecule has 0 N–H and O–H groups in total. The van der Waals surface area contributed by atoms with Crippen molar-refractivity contribution in [3.63, 3.8) is 0 Å². The molecule has 1 amide bonds. The number of amides is 1. The second-order valence-corrected chi connectivity index (χ2v) is 5.00. The molecule has 2 nitrogen and oxygen atoms in total. The van der Waals surface area contributed by atoms with Crippen molar-refractivity contribution in [2.45, 2.75) is 33.6 Å². The van der Waals surface area contributed by atoms with Gasteiger partial charge in [0.05, 0.1) is 6.42 Å². The van der Waals surface area contributed by atoms with Crippen LogP contribution in [0.2, 0.25) is 0 Å². The Morgan fingerprint density at radius 2 is 1.71 bits per heavy atom. The van der Waals surface area contributed by atoms with E-state index in [4.69, 9.17) is 0 Å². The quantitative estimate of drug-likeness (QED) is 0.765. The Morgan fingerprint density at radius 1 is 1.18 bits per heavy atom. The standard InChI is InChI=1S/C15H23NO/c1-5-16(4)15(17)11-14-8-6-13(7-9-14)10-12(2)3/h6-9,12H,5,10-11H2,1-4H3. The minimum atomic E-state index is 0.184. The summed E-state index contributed by atoms with van der Waals surface area (Å²) in [5.74, 6) is 0.859. The van der Waals surface area contributed by atoms with Gasteiger partial charge in [-0.3, -0.25) is 4.79 Å². The number of hydrogen-bond acceptors (Lipinski definition) is 1. The van der Waals surface area contributed by atoms with Gasteiger partial charge >= 0.3 is 0 Å². The zero-order chi connectivity index (χ0) is 12.8. The molecule has 0 aromatic heterocycles. The van der Waals surface area contributed by atoms with E-state index in [-0.39, 0.29) is 5.91 Å². The Hall–Kier alpha value is -1.31. The van der Waals surface area contributed by atoms with Crippen molar-refractivity contribution in [2.75, 3.05) is 13.6 Å². The summed E-state index contributed by atoms with van der Waals surface area (Å²) in [6.45, 7) is 7.19. The summed E-state index contributed by atoms with van der Waals surface area (Å²) < 4.78 is 0. The van der Waals surface area contributed by atoms with Crippen molar-refractivity contribution in [3.8, 4) is 0 Å². The maximum Gasteiger partial charge on any atom is 0.226 e. The van der Waals surface area contributed by atoms with Crippen LogP contribution >= 0.6 is 0 Å². The first-order valence-corrected chi connectivity index (χ1v) is 6.34. The lowest BCUT2D eigenvalue weighted by Gasteiger charge is -2.14. The monoisotopic (exact) mass is 233 g/mol. The molecule has 0 saturated heterocycles. The second-order valence-electron chi connectivity index (χ2n) is 5.00. The zero-order valence-corrected chi connectivity index (χ0v) is 11.4. The average Bonchev–Trinajstić information content (AvgIpc) is 2.30. The smallest absolute Gasteiger partial charge is 0.226 e. The summed E-state index contributed by atoms with van der Waals surface area (Å²) in [6.07, 6.45) is 1.61. The summed E-state index contributed by atoms with van der Waals surface area (Å²) in [6, 6.07) is 8.40. The van der Waals surface area contributed by atoms with Gasteiger partial charge in [0, 0.05) is 13.6 Å². The summed E-state index contributed by atoms with van der Waals surface area (Å²) in [5, 5.41) is 0. The van der Waals surface area contributed by atoms with Crippen molar-refractivity contribution in [1.29, 1.82) is 0 Å². The molecule has 0 fully saturated rings. The number of hydrogen-bond donors (Lipinski definition) is 0. The van der Waals surface area contributed by atoms with Crippen LogP contribution in [0.5, 0.6) is 0 Å². The highest BCUT2D eigenvalue weighted by Gasteiger charge is 2.07. The van der Waals surface area contributed by atoms with E-state index in [1.807, 2.05) is 14.0 Å². The van der Waals surface area contributed by atoms with Gasteiger partial charge in [-0.05, 0) is 30.4 Å². The molecule has 2 heteroatoms. The maximum atomic E-state index is 11.7. The van der Waals surface area contributed by atoms with E-state index in [2.05, 4.69) is 38.1 Å². The number of nitrogens with zero attached hydrogens (tertiary/aromatic N) is 1. The predicted octanol–water partition coefficient (Wildman–Crippen LogP) is 2.91. The van der Waals surface area contributed by atoms with Crippen LogP contribution in [0.4, 0.5) is 0 Å². The fraction of sp³-hybridized carbons (Fsp3) is 0.533. The molecule has 94 valence electrons. The number of rotatable bonds is 5. The van der Waals surface area contributed by atoms with Crippen LogP contribution in [0, 0.1) is 5.92 Å². The SMILES string of the molecule is CCN(C)C(=O)Cc1ccc(CC(C)C)cc1. The molecular formula is C15H23NO. The number of carbonyl (C=O) groups is 1. The summed E-state index contributed by atoms with van der Waals surface area (Å²) in [7, 11) is 1.84. The van der Waals surface area contributed by atoms with Gasteiger partial charge < -0.3 is 4.90 Å². The molecule has 0 aliphatic carbocycles. The molecular weight excluding hydrogens is 210 g/mol. The molecule has 0 heterocycles. The van der Waals surface area contributed by atoms with Crippen LogP contribution in [-0.4, -0.2) is 24.4 Å². The van der Waals surface area contributed by atoms with Gasteiger partial charge in [0.1, 0.15) is 0 Å². The Balaban J connectivity index is 2.59. The first-order valence-electron chi connectivity index (χ1n) is 6.34. The average molecular weight is 233 g/mol. The van der Waals surface area contributed by atoms with Crippen LogP contribution in [0.25, 0.3) is 0 Å². The Labute approximate surface area is 105 Å². The van der Waals surface area contributed by atoms with Crippen LogP contribution < -0.4 is 0 Å². The molecule has 1 aromatic carbocycles. The first-order chi connectivity index (χ1) is 8.02. The third-order valence-corrected chi connectivity index (χ3v) is 2.92. The topological polar surface area (TPSA) is 20.3 Å². The number of likely N-dealkylation sites (N-methyl/N-ethyl adjacent to an activating group) is 1. The van der Waals surface area contributed by atoms with Crippen molar-refractivity contribution < 1.29 is 4.79 Å². The third kappa shape index (κ3) is 4.59. The summed E-state index contributed by atoms with van der Waals surface area (Å²) >= 11 is 0. The molecule has 0 unspecified atom stereocenters. The maximum absolute atomic E-state index is 11.7. The van der Waals surface area contributed by atoms with E-state index in [9.17, 15) is 4.79 Å². The van der Waals surface area contributed by atoms with E-state index in [1.54, 1.807) is 4.90 Å². The fourth-order valence-corrected chi connectivity index (χ4v) is 1.75. The molecule has 17 heavy (non-hydrogen) atoms. The fourth-order valence-electron chi connectivity index (χ4n) is 1.75. The van der Waals surface area contributed by atoms with Gasteiger partial charge in [-0.25, -0.2) is 0 Å². The van der Waals surface area contributed by atoms with Gasteiger partial charge in [0.2, 0.25) is 5.91 Å². The van der Waals surface area contributed by atoms with Gasteiger partial charge in [0.15, 0.2) is 0 Å².